The van der Waals surface area contributed by atoms with Crippen LogP contribution in [-0.2, 0) is 0 Å². The van der Waals surface area contributed by atoms with E-state index >= 15 is 0 Å². The molecule has 0 aliphatic heterocycles. The third-order valence-electron chi connectivity index (χ3n) is 4.61. The Morgan fingerprint density at radius 3 is 0.778 bits per heavy atom. The van der Waals surface area contributed by atoms with Crippen molar-refractivity contribution in [2.45, 2.75) is 0 Å². The Labute approximate surface area is 157 Å². The van der Waals surface area contributed by atoms with Gasteiger partial charge in [-0.3, -0.25) is 0 Å². The molecule has 4 aromatic carbocycles. The van der Waals surface area contributed by atoms with Crippen LogP contribution >= 0.6 is 0 Å². The first-order valence-corrected chi connectivity index (χ1v) is 8.65. The molecule has 0 radical (unpaired) electrons. The van der Waals surface area contributed by atoms with Gasteiger partial charge in [0.15, 0.2) is 0 Å². The highest BCUT2D eigenvalue weighted by Gasteiger charge is 2.26. The zero-order valence-corrected chi connectivity index (χ0v) is 14.5. The van der Waals surface area contributed by atoms with Crippen molar-refractivity contribution in [1.29, 1.82) is 0 Å². The molecule has 3 nitrogen and oxygen atoms in total. The largest absolute Gasteiger partial charge is 0.506 e. The molecule has 0 amide bonds. The maximum absolute atomic E-state index is 11.0. The van der Waals surface area contributed by atoms with Gasteiger partial charge < -0.3 is 15.3 Å². The van der Waals surface area contributed by atoms with Crippen LogP contribution in [0.15, 0.2) is 91.0 Å². The summed E-state index contributed by atoms with van der Waals surface area (Å²) in [5.74, 6) is -0.453. The van der Waals surface area contributed by atoms with E-state index in [1.807, 2.05) is 91.0 Å². The Hall–Kier alpha value is -3.72. The number of phenols is 3. The second kappa shape index (κ2) is 6.89. The molecule has 0 spiro atoms. The zero-order valence-electron chi connectivity index (χ0n) is 14.5. The smallest absolute Gasteiger partial charge is 0.138 e. The second-order valence-corrected chi connectivity index (χ2v) is 6.27. The second-order valence-electron chi connectivity index (χ2n) is 6.27. The van der Waals surface area contributed by atoms with Gasteiger partial charge in [0, 0.05) is 0 Å². The zero-order chi connectivity index (χ0) is 18.8. The molecule has 0 fully saturated rings. The van der Waals surface area contributed by atoms with Crippen molar-refractivity contribution in [1.82, 2.24) is 0 Å². The third kappa shape index (κ3) is 2.89. The van der Waals surface area contributed by atoms with Crippen LogP contribution in [0.1, 0.15) is 0 Å². The predicted molar refractivity (Wildman–Crippen MR) is 108 cm³/mol. The first kappa shape index (κ1) is 16.7. The topological polar surface area (TPSA) is 60.7 Å². The van der Waals surface area contributed by atoms with Crippen LogP contribution in [0.2, 0.25) is 0 Å². The first-order valence-electron chi connectivity index (χ1n) is 8.65. The molecule has 132 valence electrons. The fourth-order valence-electron chi connectivity index (χ4n) is 3.35. The fourth-order valence-corrected chi connectivity index (χ4v) is 3.35. The van der Waals surface area contributed by atoms with Gasteiger partial charge in [-0.05, 0) is 16.7 Å². The average molecular weight is 354 g/mol. The lowest BCUT2D eigenvalue weighted by Crippen LogP contribution is -1.91. The number of hydrogen-bond acceptors (Lipinski definition) is 3. The maximum atomic E-state index is 11.0. The Morgan fingerprint density at radius 2 is 0.556 bits per heavy atom. The molecule has 0 bridgehead atoms. The molecule has 0 atom stereocenters. The van der Waals surface area contributed by atoms with Gasteiger partial charge in [-0.1, -0.05) is 91.0 Å². The Bertz CT molecular complexity index is 910. The number of benzene rings is 4. The molecule has 0 aliphatic rings. The molecule has 27 heavy (non-hydrogen) atoms. The third-order valence-corrected chi connectivity index (χ3v) is 4.61. The van der Waals surface area contributed by atoms with Crippen molar-refractivity contribution in [2.75, 3.05) is 0 Å². The van der Waals surface area contributed by atoms with E-state index in [1.165, 1.54) is 0 Å². The van der Waals surface area contributed by atoms with Gasteiger partial charge in [0.1, 0.15) is 17.2 Å². The molecule has 0 heterocycles. The normalized spacial score (nSPS) is 10.7. The van der Waals surface area contributed by atoms with Crippen molar-refractivity contribution in [3.05, 3.63) is 91.0 Å². The molecule has 3 N–H and O–H groups in total. The van der Waals surface area contributed by atoms with Crippen LogP contribution in [-0.4, -0.2) is 15.3 Å². The monoisotopic (exact) mass is 354 g/mol. The van der Waals surface area contributed by atoms with Gasteiger partial charge in [0.25, 0.3) is 0 Å². The molecule has 0 aliphatic carbocycles. The summed E-state index contributed by atoms with van der Waals surface area (Å²) in [6.45, 7) is 0. The van der Waals surface area contributed by atoms with Crippen molar-refractivity contribution in [3.63, 3.8) is 0 Å². The van der Waals surface area contributed by atoms with Crippen LogP contribution in [0.25, 0.3) is 33.4 Å². The molecule has 0 saturated carbocycles. The van der Waals surface area contributed by atoms with Gasteiger partial charge in [0.05, 0.1) is 16.7 Å². The van der Waals surface area contributed by atoms with E-state index in [0.29, 0.717) is 33.4 Å². The molecule has 4 aromatic rings. The number of hydrogen-bond donors (Lipinski definition) is 3. The minimum Gasteiger partial charge on any atom is -0.506 e. The minimum atomic E-state index is -0.151. The highest BCUT2D eigenvalue weighted by Crippen LogP contribution is 2.54. The van der Waals surface area contributed by atoms with Gasteiger partial charge >= 0.3 is 0 Å². The van der Waals surface area contributed by atoms with Gasteiger partial charge in [-0.2, -0.15) is 0 Å². The van der Waals surface area contributed by atoms with Gasteiger partial charge in [0.2, 0.25) is 0 Å². The summed E-state index contributed by atoms with van der Waals surface area (Å²) in [7, 11) is 0. The van der Waals surface area contributed by atoms with E-state index in [-0.39, 0.29) is 17.2 Å². The van der Waals surface area contributed by atoms with Gasteiger partial charge in [-0.25, -0.2) is 0 Å². The Morgan fingerprint density at radius 1 is 0.333 bits per heavy atom. The molecule has 3 heteroatoms. The van der Waals surface area contributed by atoms with Crippen molar-refractivity contribution in [2.24, 2.45) is 0 Å². The average Bonchev–Trinajstić information content (AvgIpc) is 2.70. The molecule has 0 aromatic heterocycles. The lowest BCUT2D eigenvalue weighted by molar-refractivity contribution is 0.436. The number of rotatable bonds is 3. The first-order chi connectivity index (χ1) is 13.2. The summed E-state index contributed by atoms with van der Waals surface area (Å²) in [6.07, 6.45) is 0. The van der Waals surface area contributed by atoms with E-state index in [2.05, 4.69) is 0 Å². The van der Waals surface area contributed by atoms with E-state index in [1.54, 1.807) is 0 Å². The van der Waals surface area contributed by atoms with Crippen LogP contribution < -0.4 is 0 Å². The van der Waals surface area contributed by atoms with Crippen molar-refractivity contribution < 1.29 is 15.3 Å². The Kier molecular flexibility index (Phi) is 4.27. The molecular weight excluding hydrogens is 336 g/mol. The Balaban J connectivity index is 2.12. The van der Waals surface area contributed by atoms with Crippen molar-refractivity contribution >= 4 is 0 Å². The summed E-state index contributed by atoms with van der Waals surface area (Å²) in [5.41, 5.74) is 2.90. The van der Waals surface area contributed by atoms with E-state index < -0.39 is 0 Å². The fraction of sp³-hybridized carbons (Fsp3) is 0. The number of phenolic OH excluding ortho intramolecular Hbond substituents is 3. The lowest BCUT2D eigenvalue weighted by Gasteiger charge is -2.19. The van der Waals surface area contributed by atoms with Crippen molar-refractivity contribution in [3.8, 4) is 50.6 Å². The molecular formula is C24H18O3. The quantitative estimate of drug-likeness (QED) is 0.435. The summed E-state index contributed by atoms with van der Waals surface area (Å²) in [5, 5.41) is 33.0. The minimum absolute atomic E-state index is 0.151. The summed E-state index contributed by atoms with van der Waals surface area (Å²) < 4.78 is 0. The molecule has 4 rings (SSSR count). The van der Waals surface area contributed by atoms with Crippen LogP contribution in [0, 0.1) is 0 Å². The molecule has 0 saturated heterocycles. The van der Waals surface area contributed by atoms with E-state index in [4.69, 9.17) is 0 Å². The summed E-state index contributed by atoms with van der Waals surface area (Å²) in [6, 6.07) is 27.5. The molecule has 0 unspecified atom stereocenters. The van der Waals surface area contributed by atoms with Crippen LogP contribution in [0.4, 0.5) is 0 Å². The van der Waals surface area contributed by atoms with E-state index in [0.717, 1.165) is 0 Å². The van der Waals surface area contributed by atoms with Crippen LogP contribution in [0.5, 0.6) is 17.2 Å². The SMILES string of the molecule is Oc1c(-c2ccccc2)c(O)c(-c2ccccc2)c(O)c1-c1ccccc1. The lowest BCUT2D eigenvalue weighted by atomic mass is 9.89. The number of aromatic hydroxyl groups is 3. The standard InChI is InChI=1S/C24H18O3/c25-22-19(16-10-4-1-5-11-16)23(26)21(18-14-8-3-9-15-18)24(27)20(22)17-12-6-2-7-13-17/h1-15,25-27H. The summed E-state index contributed by atoms with van der Waals surface area (Å²) >= 11 is 0. The van der Waals surface area contributed by atoms with Gasteiger partial charge in [-0.15, -0.1) is 0 Å². The van der Waals surface area contributed by atoms with Crippen LogP contribution in [0.3, 0.4) is 0 Å². The van der Waals surface area contributed by atoms with E-state index in [9.17, 15) is 15.3 Å². The summed E-state index contributed by atoms with van der Waals surface area (Å²) in [4.78, 5) is 0. The maximum Gasteiger partial charge on any atom is 0.138 e. The highest BCUT2D eigenvalue weighted by molar-refractivity contribution is 5.98. The predicted octanol–water partition coefficient (Wildman–Crippen LogP) is 5.80. The highest BCUT2D eigenvalue weighted by atomic mass is 16.3.